The monoisotopic (exact) mass is 212 g/mol. The number of halogens is 3. The molecular formula is C7H11ClF2N2O. The van der Waals surface area contributed by atoms with E-state index < -0.39 is 18.6 Å². The molecule has 1 rings (SSSR count). The Morgan fingerprint density at radius 2 is 2.23 bits per heavy atom. The summed E-state index contributed by atoms with van der Waals surface area (Å²) >= 11 is 0. The number of hydrogen-bond donors (Lipinski definition) is 3. The normalized spacial score (nSPS) is 13.5. The Bertz CT molecular complexity index is 241. The van der Waals surface area contributed by atoms with Crippen LogP contribution in [0.4, 0.5) is 8.78 Å². The minimum atomic E-state index is -3.27. The first-order chi connectivity index (χ1) is 5.58. The van der Waals surface area contributed by atoms with Gasteiger partial charge in [0.25, 0.3) is 5.92 Å². The molecule has 0 bridgehead atoms. The van der Waals surface area contributed by atoms with E-state index in [2.05, 4.69) is 4.98 Å². The van der Waals surface area contributed by atoms with Gasteiger partial charge in [0.2, 0.25) is 0 Å². The number of H-pyrrole nitrogens is 1. The summed E-state index contributed by atoms with van der Waals surface area (Å²) in [6.45, 7) is -1.24. The third-order valence-electron chi connectivity index (χ3n) is 1.62. The summed E-state index contributed by atoms with van der Waals surface area (Å²) in [5.74, 6) is -3.27. The Kier molecular flexibility index (Phi) is 4.32. The molecule has 76 valence electrons. The highest BCUT2D eigenvalue weighted by molar-refractivity contribution is 5.85. The molecule has 1 atom stereocenters. The van der Waals surface area contributed by atoms with E-state index in [9.17, 15) is 8.78 Å². The van der Waals surface area contributed by atoms with Gasteiger partial charge in [0, 0.05) is 11.9 Å². The minimum absolute atomic E-state index is 0. The van der Waals surface area contributed by atoms with Gasteiger partial charge in [-0.1, -0.05) is 0 Å². The third kappa shape index (κ3) is 2.65. The number of hydrogen-bond acceptors (Lipinski definition) is 2. The Labute approximate surface area is 80.4 Å². The number of alkyl halides is 2. The predicted octanol–water partition coefficient (Wildman–Crippen LogP) is 1.06. The van der Waals surface area contributed by atoms with E-state index >= 15 is 0 Å². The average Bonchev–Trinajstić information content (AvgIpc) is 2.55. The molecule has 4 N–H and O–H groups in total. The molecule has 0 fully saturated rings. The van der Waals surface area contributed by atoms with E-state index in [-0.39, 0.29) is 18.1 Å². The van der Waals surface area contributed by atoms with Crippen LogP contribution in [0.15, 0.2) is 18.3 Å². The van der Waals surface area contributed by atoms with E-state index in [4.69, 9.17) is 10.8 Å². The molecule has 0 unspecified atom stereocenters. The summed E-state index contributed by atoms with van der Waals surface area (Å²) in [6.07, 6.45) is 1.50. The van der Waals surface area contributed by atoms with E-state index in [1.54, 1.807) is 6.07 Å². The van der Waals surface area contributed by atoms with Gasteiger partial charge in [-0.25, -0.2) is 8.78 Å². The fourth-order valence-electron chi connectivity index (χ4n) is 0.864. The highest BCUT2D eigenvalue weighted by atomic mass is 35.5. The van der Waals surface area contributed by atoms with Crippen LogP contribution < -0.4 is 5.73 Å². The van der Waals surface area contributed by atoms with Crippen LogP contribution in [-0.4, -0.2) is 22.6 Å². The number of nitrogens with two attached hydrogens (primary N) is 1. The molecule has 0 radical (unpaired) electrons. The Balaban J connectivity index is 0.00000144. The molecule has 0 saturated heterocycles. The van der Waals surface area contributed by atoms with Crippen LogP contribution in [0.1, 0.15) is 11.7 Å². The molecule has 0 spiro atoms. The number of aromatic nitrogens is 1. The summed E-state index contributed by atoms with van der Waals surface area (Å²) in [5, 5.41) is 8.32. The first-order valence-electron chi connectivity index (χ1n) is 3.45. The zero-order chi connectivity index (χ0) is 9.19. The highest BCUT2D eigenvalue weighted by Gasteiger charge is 2.37. The lowest BCUT2D eigenvalue weighted by molar-refractivity contribution is -0.0720. The zero-order valence-corrected chi connectivity index (χ0v) is 7.52. The number of aliphatic hydroxyl groups is 1. The van der Waals surface area contributed by atoms with Gasteiger partial charge in [-0.3, -0.25) is 0 Å². The van der Waals surface area contributed by atoms with Crippen LogP contribution in [0.5, 0.6) is 0 Å². The molecule has 0 aliphatic carbocycles. The Morgan fingerprint density at radius 3 is 2.62 bits per heavy atom. The first kappa shape index (κ1) is 12.3. The molecule has 3 nitrogen and oxygen atoms in total. The second-order valence-electron chi connectivity index (χ2n) is 2.52. The van der Waals surface area contributed by atoms with Gasteiger partial charge in [-0.05, 0) is 12.1 Å². The second-order valence-corrected chi connectivity index (χ2v) is 2.52. The topological polar surface area (TPSA) is 62.0 Å². The molecule has 13 heavy (non-hydrogen) atoms. The van der Waals surface area contributed by atoms with Crippen molar-refractivity contribution in [3.63, 3.8) is 0 Å². The molecule has 0 aliphatic heterocycles. The summed E-state index contributed by atoms with van der Waals surface area (Å²) in [6, 6.07) is 1.55. The van der Waals surface area contributed by atoms with Gasteiger partial charge < -0.3 is 15.8 Å². The van der Waals surface area contributed by atoms with E-state index in [0.29, 0.717) is 0 Å². The van der Waals surface area contributed by atoms with Crippen molar-refractivity contribution in [3.05, 3.63) is 24.0 Å². The molecule has 1 aromatic rings. The van der Waals surface area contributed by atoms with Gasteiger partial charge in [0.1, 0.15) is 12.6 Å². The quantitative estimate of drug-likeness (QED) is 0.702. The number of rotatable bonds is 3. The Morgan fingerprint density at radius 1 is 1.62 bits per heavy atom. The van der Waals surface area contributed by atoms with Crippen LogP contribution in [0.3, 0.4) is 0 Å². The second kappa shape index (κ2) is 4.55. The summed E-state index contributed by atoms with van der Waals surface area (Å²) in [4.78, 5) is 2.56. The fourth-order valence-corrected chi connectivity index (χ4v) is 0.864. The lowest BCUT2D eigenvalue weighted by atomic mass is 10.1. The number of aliphatic hydroxyl groups excluding tert-OH is 1. The summed E-state index contributed by atoms with van der Waals surface area (Å²) < 4.78 is 25.4. The van der Waals surface area contributed by atoms with Gasteiger partial charge in [0.05, 0.1) is 0 Å². The first-order valence-corrected chi connectivity index (χ1v) is 3.45. The van der Waals surface area contributed by atoms with Crippen molar-refractivity contribution in [3.8, 4) is 0 Å². The molecule has 0 aromatic carbocycles. The standard InChI is InChI=1S/C7H10F2N2O.ClH/c8-7(9,4-12)6(10)5-2-1-3-11-5;/h1-3,6,11-12H,4,10H2;1H/t6-;/m1./s1. The average molecular weight is 213 g/mol. The van der Waals surface area contributed by atoms with Crippen molar-refractivity contribution in [2.45, 2.75) is 12.0 Å². The van der Waals surface area contributed by atoms with Gasteiger partial charge >= 0.3 is 0 Å². The molecule has 0 aliphatic rings. The predicted molar refractivity (Wildman–Crippen MR) is 47.0 cm³/mol. The number of nitrogens with one attached hydrogen (secondary N) is 1. The SMILES string of the molecule is Cl.N[C@H](c1ccc[nH]1)C(F)(F)CO. The molecular weight excluding hydrogens is 202 g/mol. The molecule has 1 aromatic heterocycles. The van der Waals surface area contributed by atoms with Crippen LogP contribution in [0.2, 0.25) is 0 Å². The molecule has 0 saturated carbocycles. The smallest absolute Gasteiger partial charge is 0.290 e. The van der Waals surface area contributed by atoms with Crippen LogP contribution in [0.25, 0.3) is 0 Å². The lowest BCUT2D eigenvalue weighted by Gasteiger charge is -2.19. The molecule has 1 heterocycles. The highest BCUT2D eigenvalue weighted by Crippen LogP contribution is 2.27. The van der Waals surface area contributed by atoms with Gasteiger partial charge in [-0.15, -0.1) is 12.4 Å². The fraction of sp³-hybridized carbons (Fsp3) is 0.429. The van der Waals surface area contributed by atoms with Crippen molar-refractivity contribution in [1.82, 2.24) is 4.98 Å². The maximum absolute atomic E-state index is 12.7. The third-order valence-corrected chi connectivity index (χ3v) is 1.62. The Hall–Kier alpha value is -0.650. The number of aromatic amines is 1. The van der Waals surface area contributed by atoms with E-state index in [0.717, 1.165) is 0 Å². The van der Waals surface area contributed by atoms with Gasteiger partial charge in [-0.2, -0.15) is 0 Å². The van der Waals surface area contributed by atoms with Gasteiger partial charge in [0.15, 0.2) is 0 Å². The summed E-state index contributed by atoms with van der Waals surface area (Å²) in [7, 11) is 0. The van der Waals surface area contributed by atoms with Crippen molar-refractivity contribution in [1.29, 1.82) is 0 Å². The maximum atomic E-state index is 12.7. The van der Waals surface area contributed by atoms with E-state index in [1.807, 2.05) is 0 Å². The minimum Gasteiger partial charge on any atom is -0.390 e. The van der Waals surface area contributed by atoms with Crippen molar-refractivity contribution in [2.75, 3.05) is 6.61 Å². The molecule has 6 heteroatoms. The van der Waals surface area contributed by atoms with Crippen molar-refractivity contribution >= 4 is 12.4 Å². The van der Waals surface area contributed by atoms with Crippen LogP contribution >= 0.6 is 12.4 Å². The lowest BCUT2D eigenvalue weighted by Crippen LogP contribution is -2.36. The van der Waals surface area contributed by atoms with Crippen molar-refractivity contribution < 1.29 is 13.9 Å². The van der Waals surface area contributed by atoms with E-state index in [1.165, 1.54) is 12.3 Å². The maximum Gasteiger partial charge on any atom is 0.290 e. The summed E-state index contributed by atoms with van der Waals surface area (Å²) in [5.41, 5.74) is 5.40. The van der Waals surface area contributed by atoms with Crippen LogP contribution in [0, 0.1) is 0 Å². The zero-order valence-electron chi connectivity index (χ0n) is 6.71. The van der Waals surface area contributed by atoms with Crippen LogP contribution in [-0.2, 0) is 0 Å². The largest absolute Gasteiger partial charge is 0.390 e. The van der Waals surface area contributed by atoms with Crippen molar-refractivity contribution in [2.24, 2.45) is 5.73 Å². The molecule has 0 amide bonds.